The van der Waals surface area contributed by atoms with Gasteiger partial charge in [0.25, 0.3) is 0 Å². The summed E-state index contributed by atoms with van der Waals surface area (Å²) in [4.78, 5) is 27.5. The van der Waals surface area contributed by atoms with E-state index >= 15 is 0 Å². The number of aryl methyl sites for hydroxylation is 1. The number of carboxylic acid groups (broad SMARTS) is 2. The molecule has 2 N–H and O–H groups in total. The Morgan fingerprint density at radius 2 is 1.48 bits per heavy atom. The Hall–Kier alpha value is -2.77. The maximum Gasteiger partial charge on any atom is 0.414 e. The molecule has 1 aliphatic heterocycles. The van der Waals surface area contributed by atoms with Crippen molar-refractivity contribution in [2.45, 2.75) is 20.0 Å². The molecule has 27 heavy (non-hydrogen) atoms. The Labute approximate surface area is 158 Å². The van der Waals surface area contributed by atoms with Crippen molar-refractivity contribution in [1.29, 1.82) is 0 Å². The van der Waals surface area contributed by atoms with Crippen LogP contribution >= 0.6 is 0 Å². The minimum Gasteiger partial charge on any atom is -0.473 e. The lowest BCUT2D eigenvalue weighted by Crippen LogP contribution is -2.45. The van der Waals surface area contributed by atoms with E-state index in [1.807, 2.05) is 18.5 Å². The third kappa shape index (κ3) is 7.55. The lowest BCUT2D eigenvalue weighted by atomic mass is 10.1. The van der Waals surface area contributed by atoms with Crippen molar-refractivity contribution in [2.75, 3.05) is 26.2 Å². The van der Waals surface area contributed by atoms with Crippen LogP contribution in [0.1, 0.15) is 16.7 Å². The van der Waals surface area contributed by atoms with Gasteiger partial charge < -0.3 is 10.2 Å². The van der Waals surface area contributed by atoms with Crippen molar-refractivity contribution in [3.05, 3.63) is 65.5 Å². The van der Waals surface area contributed by atoms with Crippen LogP contribution in [0, 0.1) is 6.92 Å². The highest BCUT2D eigenvalue weighted by Crippen LogP contribution is 2.12. The number of carboxylic acids is 2. The molecule has 0 spiro atoms. The van der Waals surface area contributed by atoms with Crippen LogP contribution in [0.25, 0.3) is 0 Å². The Bertz CT molecular complexity index is 732. The monoisotopic (exact) mass is 371 g/mol. The van der Waals surface area contributed by atoms with Crippen molar-refractivity contribution in [3.63, 3.8) is 0 Å². The van der Waals surface area contributed by atoms with Gasteiger partial charge in [-0.15, -0.1) is 0 Å². The molecule has 144 valence electrons. The Morgan fingerprint density at radius 3 is 1.96 bits per heavy atom. The number of benzene rings is 1. The maximum atomic E-state index is 9.10. The third-order valence-electron chi connectivity index (χ3n) is 4.27. The van der Waals surface area contributed by atoms with Crippen molar-refractivity contribution < 1.29 is 19.8 Å². The number of carbonyl (C=O) groups is 2. The van der Waals surface area contributed by atoms with Gasteiger partial charge in [-0.2, -0.15) is 0 Å². The average Bonchev–Trinajstić information content (AvgIpc) is 2.65. The van der Waals surface area contributed by atoms with E-state index in [2.05, 4.69) is 52.0 Å². The smallest absolute Gasteiger partial charge is 0.414 e. The molecule has 1 aromatic heterocycles. The maximum absolute atomic E-state index is 9.10. The minimum absolute atomic E-state index is 1.02. The summed E-state index contributed by atoms with van der Waals surface area (Å²) in [5.41, 5.74) is 4.09. The fourth-order valence-electron chi connectivity index (χ4n) is 2.92. The van der Waals surface area contributed by atoms with Gasteiger partial charge in [0.1, 0.15) is 0 Å². The van der Waals surface area contributed by atoms with Crippen LogP contribution in [-0.2, 0) is 22.7 Å². The highest BCUT2D eigenvalue weighted by atomic mass is 16.4. The molecule has 2 aromatic rings. The van der Waals surface area contributed by atoms with Crippen molar-refractivity contribution in [1.82, 2.24) is 14.8 Å². The number of rotatable bonds is 4. The molecular formula is C20H25N3O4. The van der Waals surface area contributed by atoms with E-state index in [-0.39, 0.29) is 0 Å². The fraction of sp³-hybridized carbons (Fsp3) is 0.350. The van der Waals surface area contributed by atoms with E-state index < -0.39 is 11.9 Å². The van der Waals surface area contributed by atoms with Crippen LogP contribution in [0.4, 0.5) is 0 Å². The van der Waals surface area contributed by atoms with Crippen molar-refractivity contribution in [2.24, 2.45) is 0 Å². The molecule has 1 saturated heterocycles. The van der Waals surface area contributed by atoms with Crippen LogP contribution in [0.5, 0.6) is 0 Å². The standard InChI is InChI=1S/C18H23N3.C2H2O4/c1-16-4-2-5-17(12-16)14-20-8-10-21(11-9-20)15-18-6-3-7-19-13-18;3-1(4)2(5)6/h2-7,12-13H,8-11,14-15H2,1H3;(H,3,4)(H,5,6). The number of aromatic nitrogens is 1. The summed E-state index contributed by atoms with van der Waals surface area (Å²) in [6, 6.07) is 13.0. The predicted molar refractivity (Wildman–Crippen MR) is 101 cm³/mol. The first-order chi connectivity index (χ1) is 12.9. The number of hydrogen-bond donors (Lipinski definition) is 2. The number of piperazine rings is 1. The summed E-state index contributed by atoms with van der Waals surface area (Å²) in [5.74, 6) is -3.65. The van der Waals surface area contributed by atoms with Crippen LogP contribution < -0.4 is 0 Å². The van der Waals surface area contributed by atoms with Crippen LogP contribution in [0.2, 0.25) is 0 Å². The quantitative estimate of drug-likeness (QED) is 0.792. The molecule has 0 radical (unpaired) electrons. The third-order valence-corrected chi connectivity index (χ3v) is 4.27. The van der Waals surface area contributed by atoms with Gasteiger partial charge in [-0.3, -0.25) is 14.8 Å². The van der Waals surface area contributed by atoms with Gasteiger partial charge in [0.15, 0.2) is 0 Å². The van der Waals surface area contributed by atoms with Gasteiger partial charge in [-0.05, 0) is 24.1 Å². The SMILES string of the molecule is Cc1cccc(CN2CCN(Cc3cccnc3)CC2)c1.O=C(O)C(=O)O. The minimum atomic E-state index is -1.82. The second kappa shape index (κ2) is 10.4. The molecule has 0 bridgehead atoms. The highest BCUT2D eigenvalue weighted by Gasteiger charge is 2.17. The molecule has 7 nitrogen and oxygen atoms in total. The van der Waals surface area contributed by atoms with Crippen molar-refractivity contribution in [3.8, 4) is 0 Å². The first kappa shape index (κ1) is 20.5. The molecule has 0 atom stereocenters. The zero-order valence-electron chi connectivity index (χ0n) is 15.4. The number of hydrogen-bond acceptors (Lipinski definition) is 5. The Kier molecular flexibility index (Phi) is 7.91. The number of pyridine rings is 1. The van der Waals surface area contributed by atoms with Gasteiger partial charge in [-0.25, -0.2) is 9.59 Å². The second-order valence-corrected chi connectivity index (χ2v) is 6.51. The highest BCUT2D eigenvalue weighted by molar-refractivity contribution is 6.27. The van der Waals surface area contributed by atoms with Gasteiger partial charge >= 0.3 is 11.9 Å². The molecule has 0 amide bonds. The van der Waals surface area contributed by atoms with E-state index in [0.29, 0.717) is 0 Å². The summed E-state index contributed by atoms with van der Waals surface area (Å²) >= 11 is 0. The number of nitrogens with zero attached hydrogens (tertiary/aromatic N) is 3. The summed E-state index contributed by atoms with van der Waals surface area (Å²) in [5, 5.41) is 14.8. The summed E-state index contributed by atoms with van der Waals surface area (Å²) < 4.78 is 0. The van der Waals surface area contributed by atoms with E-state index in [0.717, 1.165) is 39.3 Å². The Balaban J connectivity index is 0.000000380. The number of aliphatic carboxylic acids is 2. The van der Waals surface area contributed by atoms with E-state index in [9.17, 15) is 0 Å². The van der Waals surface area contributed by atoms with Crippen LogP contribution in [0.15, 0.2) is 48.8 Å². The molecule has 1 fully saturated rings. The summed E-state index contributed by atoms with van der Waals surface area (Å²) in [6.45, 7) is 8.83. The fourth-order valence-corrected chi connectivity index (χ4v) is 2.92. The molecule has 0 unspecified atom stereocenters. The first-order valence-corrected chi connectivity index (χ1v) is 8.79. The van der Waals surface area contributed by atoms with E-state index in [1.54, 1.807) is 0 Å². The zero-order valence-corrected chi connectivity index (χ0v) is 15.4. The molecule has 0 aliphatic carbocycles. The van der Waals surface area contributed by atoms with Crippen LogP contribution in [-0.4, -0.2) is 63.1 Å². The topological polar surface area (TPSA) is 94.0 Å². The van der Waals surface area contributed by atoms with E-state index in [4.69, 9.17) is 19.8 Å². The van der Waals surface area contributed by atoms with Crippen molar-refractivity contribution >= 4 is 11.9 Å². The molecule has 3 rings (SSSR count). The largest absolute Gasteiger partial charge is 0.473 e. The summed E-state index contributed by atoms with van der Waals surface area (Å²) in [6.07, 6.45) is 3.81. The molecule has 1 aromatic carbocycles. The molecule has 0 saturated carbocycles. The van der Waals surface area contributed by atoms with Gasteiger partial charge in [-0.1, -0.05) is 35.9 Å². The van der Waals surface area contributed by atoms with Gasteiger partial charge in [0, 0.05) is 51.7 Å². The molecule has 2 heterocycles. The molecular weight excluding hydrogens is 346 g/mol. The van der Waals surface area contributed by atoms with Gasteiger partial charge in [0.2, 0.25) is 0 Å². The molecule has 7 heteroatoms. The predicted octanol–water partition coefficient (Wildman–Crippen LogP) is 1.86. The lowest BCUT2D eigenvalue weighted by Gasteiger charge is -2.34. The van der Waals surface area contributed by atoms with Gasteiger partial charge in [0.05, 0.1) is 0 Å². The average molecular weight is 371 g/mol. The second-order valence-electron chi connectivity index (χ2n) is 6.51. The Morgan fingerprint density at radius 1 is 0.926 bits per heavy atom. The zero-order chi connectivity index (χ0) is 19.6. The first-order valence-electron chi connectivity index (χ1n) is 8.79. The molecule has 1 aliphatic rings. The van der Waals surface area contributed by atoms with Crippen LogP contribution in [0.3, 0.4) is 0 Å². The van der Waals surface area contributed by atoms with E-state index in [1.165, 1.54) is 16.7 Å². The normalized spacial score (nSPS) is 14.9. The summed E-state index contributed by atoms with van der Waals surface area (Å²) in [7, 11) is 0. The lowest BCUT2D eigenvalue weighted by molar-refractivity contribution is -0.159.